The molecule has 2 heterocycles. The second kappa shape index (κ2) is 7.21. The molecular formula is C19H22N4O3S. The summed E-state index contributed by atoms with van der Waals surface area (Å²) in [5.41, 5.74) is 2.76. The molecule has 142 valence electrons. The summed E-state index contributed by atoms with van der Waals surface area (Å²) in [6.07, 6.45) is 3.73. The van der Waals surface area contributed by atoms with Gasteiger partial charge in [-0.3, -0.25) is 0 Å². The van der Waals surface area contributed by atoms with Gasteiger partial charge in [0.25, 0.3) is 0 Å². The smallest absolute Gasteiger partial charge is 0.323 e. The molecule has 0 radical (unpaired) electrons. The Bertz CT molecular complexity index is 1090. The lowest BCUT2D eigenvalue weighted by atomic mass is 10.1. The first-order valence-electron chi connectivity index (χ1n) is 9.07. The zero-order chi connectivity index (χ0) is 18.9. The van der Waals surface area contributed by atoms with Crippen LogP contribution in [-0.4, -0.2) is 31.5 Å². The van der Waals surface area contributed by atoms with Crippen LogP contribution in [0.25, 0.3) is 11.0 Å². The molecule has 2 aromatic carbocycles. The van der Waals surface area contributed by atoms with Crippen molar-refractivity contribution in [3.05, 3.63) is 58.5 Å². The first-order chi connectivity index (χ1) is 13.0. The van der Waals surface area contributed by atoms with Crippen LogP contribution in [0.1, 0.15) is 24.8 Å². The predicted molar refractivity (Wildman–Crippen MR) is 105 cm³/mol. The molecule has 3 aromatic rings. The molecule has 0 amide bonds. The van der Waals surface area contributed by atoms with Gasteiger partial charge in [-0.15, -0.1) is 0 Å². The Balaban J connectivity index is 1.45. The number of hydrogen-bond donors (Lipinski definition) is 3. The molecule has 1 aromatic heterocycles. The van der Waals surface area contributed by atoms with E-state index in [2.05, 4.69) is 19.6 Å². The third-order valence-corrected chi connectivity index (χ3v) is 6.32. The van der Waals surface area contributed by atoms with Gasteiger partial charge in [0.2, 0.25) is 10.0 Å². The quantitative estimate of drug-likeness (QED) is 0.627. The normalized spacial score (nSPS) is 15.3. The van der Waals surface area contributed by atoms with Crippen LogP contribution in [0.15, 0.2) is 52.2 Å². The number of anilines is 1. The van der Waals surface area contributed by atoms with E-state index in [4.69, 9.17) is 0 Å². The predicted octanol–water partition coefficient (Wildman–Crippen LogP) is 2.33. The van der Waals surface area contributed by atoms with Gasteiger partial charge in [-0.25, -0.2) is 17.9 Å². The molecule has 0 bridgehead atoms. The Morgan fingerprint density at radius 2 is 1.63 bits per heavy atom. The van der Waals surface area contributed by atoms with Crippen molar-refractivity contribution in [1.29, 1.82) is 0 Å². The zero-order valence-electron chi connectivity index (χ0n) is 14.9. The number of hydrogen-bond acceptors (Lipinski definition) is 4. The highest BCUT2D eigenvalue weighted by Crippen LogP contribution is 2.20. The minimum atomic E-state index is -3.67. The molecule has 1 saturated heterocycles. The van der Waals surface area contributed by atoms with E-state index >= 15 is 0 Å². The number of nitrogens with zero attached hydrogens (tertiary/aromatic N) is 1. The second-order valence-corrected chi connectivity index (χ2v) is 8.59. The highest BCUT2D eigenvalue weighted by Gasteiger charge is 2.15. The minimum absolute atomic E-state index is 0.121. The van der Waals surface area contributed by atoms with E-state index in [1.807, 2.05) is 24.3 Å². The molecule has 0 aliphatic carbocycles. The lowest BCUT2D eigenvalue weighted by Crippen LogP contribution is -2.29. The fourth-order valence-corrected chi connectivity index (χ4v) is 4.46. The Labute approximate surface area is 157 Å². The summed E-state index contributed by atoms with van der Waals surface area (Å²) in [5.74, 6) is 0. The maximum atomic E-state index is 12.5. The number of imidazole rings is 1. The summed E-state index contributed by atoms with van der Waals surface area (Å²) < 4.78 is 27.7. The van der Waals surface area contributed by atoms with Crippen LogP contribution in [0.3, 0.4) is 0 Å². The first kappa shape index (κ1) is 17.8. The molecule has 3 N–H and O–H groups in total. The van der Waals surface area contributed by atoms with Gasteiger partial charge in [0, 0.05) is 25.3 Å². The van der Waals surface area contributed by atoms with Gasteiger partial charge in [-0.2, -0.15) is 0 Å². The maximum absolute atomic E-state index is 12.5. The maximum Gasteiger partial charge on any atom is 0.323 e. The van der Waals surface area contributed by atoms with Crippen LogP contribution in [0.2, 0.25) is 0 Å². The monoisotopic (exact) mass is 386 g/mol. The average molecular weight is 386 g/mol. The van der Waals surface area contributed by atoms with Gasteiger partial charge in [0.1, 0.15) is 0 Å². The molecule has 1 aliphatic rings. The van der Waals surface area contributed by atoms with Gasteiger partial charge >= 0.3 is 5.69 Å². The largest absolute Gasteiger partial charge is 0.372 e. The number of fused-ring (bicyclic) bond motifs is 1. The number of rotatable bonds is 5. The van der Waals surface area contributed by atoms with E-state index < -0.39 is 10.0 Å². The Morgan fingerprint density at radius 3 is 2.37 bits per heavy atom. The van der Waals surface area contributed by atoms with Crippen LogP contribution in [0, 0.1) is 0 Å². The molecule has 8 heteroatoms. The van der Waals surface area contributed by atoms with Crippen LogP contribution in [0.5, 0.6) is 0 Å². The van der Waals surface area contributed by atoms with Crippen molar-refractivity contribution < 1.29 is 8.42 Å². The standard InChI is InChI=1S/C19H22N4O3S/c24-19-21-17-9-8-16(12-18(17)22-19)27(25,26)20-13-14-4-6-15(7-5-14)23-10-2-1-3-11-23/h4-9,12,20H,1-3,10-11,13H2,(H2,21,22,24). The molecule has 1 fully saturated rings. The highest BCUT2D eigenvalue weighted by atomic mass is 32.2. The minimum Gasteiger partial charge on any atom is -0.372 e. The molecule has 0 unspecified atom stereocenters. The van der Waals surface area contributed by atoms with E-state index in [1.165, 1.54) is 37.1 Å². The fraction of sp³-hybridized carbons (Fsp3) is 0.316. The summed E-state index contributed by atoms with van der Waals surface area (Å²) in [6, 6.07) is 12.5. The highest BCUT2D eigenvalue weighted by molar-refractivity contribution is 7.89. The van der Waals surface area contributed by atoms with E-state index in [0.29, 0.717) is 11.0 Å². The van der Waals surface area contributed by atoms with Crippen LogP contribution in [-0.2, 0) is 16.6 Å². The van der Waals surface area contributed by atoms with Crippen molar-refractivity contribution >= 4 is 26.7 Å². The third kappa shape index (κ3) is 3.91. The molecule has 0 atom stereocenters. The molecule has 27 heavy (non-hydrogen) atoms. The van der Waals surface area contributed by atoms with Crippen LogP contribution >= 0.6 is 0 Å². The summed E-state index contributed by atoms with van der Waals surface area (Å²) in [7, 11) is -3.67. The molecule has 7 nitrogen and oxygen atoms in total. The lowest BCUT2D eigenvalue weighted by molar-refractivity contribution is 0.577. The third-order valence-electron chi connectivity index (χ3n) is 4.92. The zero-order valence-corrected chi connectivity index (χ0v) is 15.7. The number of aromatic amines is 2. The summed E-state index contributed by atoms with van der Waals surface area (Å²) in [4.78, 5) is 19.0. The van der Waals surface area contributed by atoms with Crippen molar-refractivity contribution in [2.24, 2.45) is 0 Å². The van der Waals surface area contributed by atoms with E-state index in [-0.39, 0.29) is 17.1 Å². The number of piperidine rings is 1. The Morgan fingerprint density at radius 1 is 0.926 bits per heavy atom. The van der Waals surface area contributed by atoms with Crippen molar-refractivity contribution in [3.8, 4) is 0 Å². The van der Waals surface area contributed by atoms with E-state index in [9.17, 15) is 13.2 Å². The SMILES string of the molecule is O=c1[nH]c2ccc(S(=O)(=O)NCc3ccc(N4CCCCC4)cc3)cc2[nH]1. The van der Waals surface area contributed by atoms with Crippen molar-refractivity contribution in [2.45, 2.75) is 30.7 Å². The first-order valence-corrected chi connectivity index (χ1v) is 10.6. The number of benzene rings is 2. The van der Waals surface area contributed by atoms with Crippen molar-refractivity contribution in [1.82, 2.24) is 14.7 Å². The number of H-pyrrole nitrogens is 2. The lowest BCUT2D eigenvalue weighted by Gasteiger charge is -2.28. The number of aromatic nitrogens is 2. The van der Waals surface area contributed by atoms with Crippen molar-refractivity contribution in [2.75, 3.05) is 18.0 Å². The van der Waals surface area contributed by atoms with Gasteiger partial charge in [-0.05, 0) is 55.2 Å². The van der Waals surface area contributed by atoms with E-state index in [0.717, 1.165) is 18.7 Å². The number of nitrogens with one attached hydrogen (secondary N) is 3. The summed E-state index contributed by atoms with van der Waals surface area (Å²) >= 11 is 0. The summed E-state index contributed by atoms with van der Waals surface area (Å²) in [5, 5.41) is 0. The second-order valence-electron chi connectivity index (χ2n) is 6.83. The molecule has 0 saturated carbocycles. The van der Waals surface area contributed by atoms with Crippen LogP contribution < -0.4 is 15.3 Å². The van der Waals surface area contributed by atoms with Gasteiger partial charge in [-0.1, -0.05) is 12.1 Å². The Kier molecular flexibility index (Phi) is 4.75. The molecule has 1 aliphatic heterocycles. The van der Waals surface area contributed by atoms with Gasteiger partial charge in [0.15, 0.2) is 0 Å². The van der Waals surface area contributed by atoms with Gasteiger partial charge in [0.05, 0.1) is 15.9 Å². The van der Waals surface area contributed by atoms with E-state index in [1.54, 1.807) is 6.07 Å². The summed E-state index contributed by atoms with van der Waals surface area (Å²) in [6.45, 7) is 2.37. The fourth-order valence-electron chi connectivity index (χ4n) is 3.42. The molecular weight excluding hydrogens is 364 g/mol. The Hall–Kier alpha value is -2.58. The topological polar surface area (TPSA) is 98.1 Å². The van der Waals surface area contributed by atoms with Crippen molar-refractivity contribution in [3.63, 3.8) is 0 Å². The van der Waals surface area contributed by atoms with Gasteiger partial charge < -0.3 is 14.9 Å². The average Bonchev–Trinajstić information content (AvgIpc) is 3.07. The molecule has 4 rings (SSSR count). The molecule has 0 spiro atoms. The number of sulfonamides is 1. The van der Waals surface area contributed by atoms with Crippen LogP contribution in [0.4, 0.5) is 5.69 Å².